The normalized spacial score (nSPS) is 20.3. The van der Waals surface area contributed by atoms with Crippen LogP contribution in [0.4, 0.5) is 13.2 Å². The highest BCUT2D eigenvalue weighted by Crippen LogP contribution is 2.32. The van der Waals surface area contributed by atoms with Gasteiger partial charge in [-0.3, -0.25) is 9.59 Å². The first-order valence-electron chi connectivity index (χ1n) is 13.6. The smallest absolute Gasteiger partial charge is 0.453 e. The molecule has 2 aliphatic heterocycles. The minimum absolute atomic E-state index is 0.0299. The molecule has 0 unspecified atom stereocenters. The second-order valence-electron chi connectivity index (χ2n) is 10.6. The van der Waals surface area contributed by atoms with Crippen LogP contribution in [0.2, 0.25) is 0 Å². The van der Waals surface area contributed by atoms with E-state index in [1.54, 1.807) is 11.8 Å². The Hall–Kier alpha value is -4.00. The number of piperidine rings is 2. The number of halogens is 3. The summed E-state index contributed by atoms with van der Waals surface area (Å²) in [6.45, 7) is 3.98. The van der Waals surface area contributed by atoms with E-state index in [-0.39, 0.29) is 47.7 Å². The van der Waals surface area contributed by atoms with Crippen molar-refractivity contribution in [3.05, 3.63) is 65.5 Å². The van der Waals surface area contributed by atoms with E-state index in [0.29, 0.717) is 55.7 Å². The van der Waals surface area contributed by atoms with Gasteiger partial charge in [0.05, 0.1) is 5.69 Å². The van der Waals surface area contributed by atoms with Crippen molar-refractivity contribution >= 4 is 11.8 Å². The number of phenolic OH excluding ortho intramolecular Hbond substituents is 1. The second-order valence-corrected chi connectivity index (χ2v) is 10.6. The van der Waals surface area contributed by atoms with E-state index >= 15 is 0 Å². The molecule has 0 spiro atoms. The van der Waals surface area contributed by atoms with Crippen molar-refractivity contribution in [3.63, 3.8) is 0 Å². The summed E-state index contributed by atoms with van der Waals surface area (Å²) in [4.78, 5) is 28.8. The monoisotopic (exact) mass is 571 g/mol. The number of carbonyl (C=O) groups is 2. The zero-order chi connectivity index (χ0) is 29.1. The van der Waals surface area contributed by atoms with E-state index in [0.717, 1.165) is 5.56 Å². The Morgan fingerprint density at radius 3 is 2.41 bits per heavy atom. The molecule has 41 heavy (non-hydrogen) atoms. The average molecular weight is 572 g/mol. The first-order valence-corrected chi connectivity index (χ1v) is 13.6. The van der Waals surface area contributed by atoms with Gasteiger partial charge in [0.15, 0.2) is 0 Å². The van der Waals surface area contributed by atoms with Crippen LogP contribution in [0.1, 0.15) is 49.1 Å². The van der Waals surface area contributed by atoms with Crippen molar-refractivity contribution in [2.75, 3.05) is 26.2 Å². The number of carbonyl (C=O) groups excluding carboxylic acids is 2. The fourth-order valence-corrected chi connectivity index (χ4v) is 5.76. The Morgan fingerprint density at radius 2 is 1.73 bits per heavy atom. The Kier molecular flexibility index (Phi) is 8.25. The number of phenols is 1. The van der Waals surface area contributed by atoms with Crippen molar-refractivity contribution in [2.45, 2.75) is 50.9 Å². The molecule has 13 heteroatoms. The highest BCUT2D eigenvalue weighted by molar-refractivity contribution is 5.80. The molecule has 2 atom stereocenters. The zero-order valence-corrected chi connectivity index (χ0v) is 22.6. The van der Waals surface area contributed by atoms with Gasteiger partial charge in [-0.2, -0.15) is 17.9 Å². The van der Waals surface area contributed by atoms with Crippen LogP contribution < -0.4 is 5.32 Å². The van der Waals surface area contributed by atoms with Crippen LogP contribution in [0.25, 0.3) is 5.69 Å². The molecule has 2 fully saturated rings. The fourth-order valence-electron chi connectivity index (χ4n) is 5.76. The number of hydrogen-bond acceptors (Lipinski definition) is 7. The topological polar surface area (TPSA) is 116 Å². The minimum Gasteiger partial charge on any atom is -0.508 e. The summed E-state index contributed by atoms with van der Waals surface area (Å²) in [7, 11) is 0. The zero-order valence-electron chi connectivity index (χ0n) is 22.6. The largest absolute Gasteiger partial charge is 0.508 e. The van der Waals surface area contributed by atoms with Crippen LogP contribution >= 0.6 is 0 Å². The maximum absolute atomic E-state index is 13.5. The van der Waals surface area contributed by atoms with Crippen molar-refractivity contribution < 1.29 is 27.9 Å². The Bertz CT molecular complexity index is 1370. The lowest BCUT2D eigenvalue weighted by molar-refractivity contribution is -0.146. The third-order valence-electron chi connectivity index (χ3n) is 8.03. The maximum atomic E-state index is 13.5. The molecule has 218 valence electrons. The predicted molar refractivity (Wildman–Crippen MR) is 142 cm³/mol. The van der Waals surface area contributed by atoms with Gasteiger partial charge in [0.1, 0.15) is 5.75 Å². The summed E-state index contributed by atoms with van der Waals surface area (Å²) in [5.41, 5.74) is 1.54. The molecule has 5 rings (SSSR count). The Balaban J connectivity index is 1.30. The third kappa shape index (κ3) is 6.34. The maximum Gasteiger partial charge on any atom is 0.453 e. The molecule has 2 saturated heterocycles. The Morgan fingerprint density at radius 1 is 1.02 bits per heavy atom. The molecular formula is C28H32F3N7O3. The second kappa shape index (κ2) is 11.9. The number of amides is 2. The molecule has 10 nitrogen and oxygen atoms in total. The van der Waals surface area contributed by atoms with Gasteiger partial charge in [0.25, 0.3) is 5.82 Å². The van der Waals surface area contributed by atoms with E-state index < -0.39 is 12.0 Å². The standard InChI is InChI=1S/C28H32F3N7O3/c1-18(39)36-12-9-20(10-13-36)26(41)37-14-11-24(23(17-37)19-5-3-2-4-6-19)32-16-21-15-22(7-8-25(21)40)38-27(28(29,30)31)33-34-35-38/h2-8,15,20,23-24,32,40H,9-14,16-17H2,1H3/t23-,24+/m1/s1. The molecule has 2 N–H and O–H groups in total. The number of tetrazole rings is 1. The first-order chi connectivity index (χ1) is 19.6. The van der Waals surface area contributed by atoms with Crippen molar-refractivity contribution in [2.24, 2.45) is 5.92 Å². The van der Waals surface area contributed by atoms with Crippen molar-refractivity contribution in [1.82, 2.24) is 35.3 Å². The Labute approximate surface area is 235 Å². The summed E-state index contributed by atoms with van der Waals surface area (Å²) in [6.07, 6.45) is -2.78. The number of hydrogen-bond donors (Lipinski definition) is 2. The van der Waals surface area contributed by atoms with E-state index in [9.17, 15) is 27.9 Å². The lowest BCUT2D eigenvalue weighted by Crippen LogP contribution is -2.52. The van der Waals surface area contributed by atoms with Gasteiger partial charge in [-0.05, 0) is 53.5 Å². The van der Waals surface area contributed by atoms with Gasteiger partial charge < -0.3 is 20.2 Å². The molecule has 2 aliphatic rings. The van der Waals surface area contributed by atoms with Gasteiger partial charge in [-0.15, -0.1) is 5.10 Å². The molecule has 0 saturated carbocycles. The predicted octanol–water partition coefficient (Wildman–Crippen LogP) is 3.12. The number of nitrogens with one attached hydrogen (secondary N) is 1. The number of alkyl halides is 3. The quantitative estimate of drug-likeness (QED) is 0.467. The summed E-state index contributed by atoms with van der Waals surface area (Å²) in [6, 6.07) is 13.9. The molecular weight excluding hydrogens is 539 g/mol. The third-order valence-corrected chi connectivity index (χ3v) is 8.03. The van der Waals surface area contributed by atoms with Crippen LogP contribution in [0.15, 0.2) is 48.5 Å². The molecule has 3 aromatic rings. The summed E-state index contributed by atoms with van der Waals surface area (Å²) in [5.74, 6) is -1.33. The van der Waals surface area contributed by atoms with Gasteiger partial charge in [-0.1, -0.05) is 30.3 Å². The van der Waals surface area contributed by atoms with Crippen LogP contribution in [0.5, 0.6) is 5.75 Å². The van der Waals surface area contributed by atoms with Gasteiger partial charge in [0.2, 0.25) is 11.8 Å². The van der Waals surface area contributed by atoms with Crippen LogP contribution in [-0.4, -0.2) is 79.1 Å². The fraction of sp³-hybridized carbons (Fsp3) is 0.464. The molecule has 0 aliphatic carbocycles. The first kappa shape index (κ1) is 28.5. The number of rotatable bonds is 6. The van der Waals surface area contributed by atoms with E-state index in [1.807, 2.05) is 35.2 Å². The number of likely N-dealkylation sites (tertiary alicyclic amines) is 2. The molecule has 0 bridgehead atoms. The average Bonchev–Trinajstić information content (AvgIpc) is 3.48. The lowest BCUT2D eigenvalue weighted by atomic mass is 9.84. The highest BCUT2D eigenvalue weighted by Gasteiger charge is 2.39. The van der Waals surface area contributed by atoms with Crippen LogP contribution in [0.3, 0.4) is 0 Å². The summed E-state index contributed by atoms with van der Waals surface area (Å²) < 4.78 is 40.6. The number of nitrogens with zero attached hydrogens (tertiary/aromatic N) is 6. The minimum atomic E-state index is -4.74. The van der Waals surface area contributed by atoms with Crippen LogP contribution in [0, 0.1) is 5.92 Å². The summed E-state index contributed by atoms with van der Waals surface area (Å²) in [5, 5.41) is 23.7. The van der Waals surface area contributed by atoms with E-state index in [2.05, 4.69) is 20.8 Å². The summed E-state index contributed by atoms with van der Waals surface area (Å²) >= 11 is 0. The van der Waals surface area contributed by atoms with Gasteiger partial charge in [0, 0.05) is 63.1 Å². The van der Waals surface area contributed by atoms with Crippen LogP contribution in [-0.2, 0) is 22.3 Å². The molecule has 2 amide bonds. The van der Waals surface area contributed by atoms with Gasteiger partial charge in [-0.25, -0.2) is 0 Å². The van der Waals surface area contributed by atoms with E-state index in [1.165, 1.54) is 18.2 Å². The van der Waals surface area contributed by atoms with Crippen molar-refractivity contribution in [3.8, 4) is 11.4 Å². The van der Waals surface area contributed by atoms with E-state index in [4.69, 9.17) is 0 Å². The molecule has 3 heterocycles. The lowest BCUT2D eigenvalue weighted by Gasteiger charge is -2.41. The molecule has 2 aromatic carbocycles. The number of aromatic nitrogens is 4. The van der Waals surface area contributed by atoms with Crippen molar-refractivity contribution in [1.29, 1.82) is 0 Å². The SMILES string of the molecule is CC(=O)N1CCC(C(=O)N2CC[C@H](NCc3cc(-n4nnnc4C(F)(F)F)ccc3O)[C@@H](c3ccccc3)C2)CC1. The number of aromatic hydroxyl groups is 1. The highest BCUT2D eigenvalue weighted by atomic mass is 19.4. The van der Waals surface area contributed by atoms with Gasteiger partial charge >= 0.3 is 6.18 Å². The number of benzene rings is 2. The molecule has 0 radical (unpaired) electrons. The molecule has 1 aromatic heterocycles.